The van der Waals surface area contributed by atoms with E-state index in [-0.39, 0.29) is 23.6 Å². The predicted molar refractivity (Wildman–Crippen MR) is 102 cm³/mol. The Balaban J connectivity index is 1.44. The molecule has 0 unspecified atom stereocenters. The summed E-state index contributed by atoms with van der Waals surface area (Å²) in [6.07, 6.45) is 2.09. The maximum atomic E-state index is 13.1. The first-order chi connectivity index (χ1) is 12.9. The lowest BCUT2D eigenvalue weighted by molar-refractivity contribution is -0.925. The number of benzene rings is 1. The Kier molecular flexibility index (Phi) is 4.94. The van der Waals surface area contributed by atoms with Gasteiger partial charge in [0, 0.05) is 19.4 Å². The van der Waals surface area contributed by atoms with E-state index in [1.54, 1.807) is 11.0 Å². The van der Waals surface area contributed by atoms with Crippen molar-refractivity contribution in [2.24, 2.45) is 0 Å². The molecule has 3 saturated heterocycles. The van der Waals surface area contributed by atoms with E-state index in [0.717, 1.165) is 25.9 Å². The number of quaternary nitrogens is 1. The largest absolute Gasteiger partial charge is 0.329 e. The second kappa shape index (κ2) is 7.24. The maximum Gasteiger partial charge on any atom is 0.256 e. The van der Waals surface area contributed by atoms with E-state index in [0.29, 0.717) is 43.1 Å². The zero-order chi connectivity index (χ0) is 19.0. The molecule has 146 valence electrons. The molecule has 3 fully saturated rings. The zero-order valence-corrected chi connectivity index (χ0v) is 16.2. The highest BCUT2D eigenvalue weighted by molar-refractivity contribution is 7.91. The Morgan fingerprint density at radius 1 is 1.11 bits per heavy atom. The quantitative estimate of drug-likeness (QED) is 0.741. The summed E-state index contributed by atoms with van der Waals surface area (Å²) in [6.45, 7) is 3.45. The minimum atomic E-state index is -2.88. The first-order valence-electron chi connectivity index (χ1n) is 9.68. The van der Waals surface area contributed by atoms with E-state index in [4.69, 9.17) is 0 Å². The first-order valence-corrected chi connectivity index (χ1v) is 11.5. The molecule has 1 N–H and O–H groups in total. The number of nitrogens with zero attached hydrogens (tertiary/aromatic N) is 2. The van der Waals surface area contributed by atoms with Crippen molar-refractivity contribution < 1.29 is 22.9 Å². The van der Waals surface area contributed by atoms with Crippen molar-refractivity contribution in [2.75, 3.05) is 49.1 Å². The van der Waals surface area contributed by atoms with Crippen molar-refractivity contribution in [1.82, 2.24) is 4.90 Å². The lowest BCUT2D eigenvalue weighted by atomic mass is 10.1. The van der Waals surface area contributed by atoms with Gasteiger partial charge in [-0.25, -0.2) is 8.42 Å². The number of hydrogen-bond donors (Lipinski definition) is 1. The molecule has 3 aliphatic heterocycles. The van der Waals surface area contributed by atoms with Crippen LogP contribution in [0.5, 0.6) is 0 Å². The second-order valence-corrected chi connectivity index (χ2v) is 9.95. The van der Waals surface area contributed by atoms with Crippen molar-refractivity contribution in [3.05, 3.63) is 29.8 Å². The average Bonchev–Trinajstić information content (AvgIpc) is 3.26. The summed E-state index contributed by atoms with van der Waals surface area (Å²) in [5, 5.41) is 0. The molecule has 3 aliphatic rings. The Morgan fingerprint density at radius 2 is 1.85 bits per heavy atom. The average molecular weight is 393 g/mol. The molecule has 0 saturated carbocycles. The second-order valence-electron chi connectivity index (χ2n) is 7.72. The Bertz CT molecular complexity index is 846. The monoisotopic (exact) mass is 392 g/mol. The van der Waals surface area contributed by atoms with Gasteiger partial charge in [-0.3, -0.25) is 9.59 Å². The molecule has 8 heteroatoms. The molecule has 0 aliphatic carbocycles. The van der Waals surface area contributed by atoms with Gasteiger partial charge in [-0.05, 0) is 18.6 Å². The van der Waals surface area contributed by atoms with Crippen LogP contribution in [0.15, 0.2) is 24.3 Å². The van der Waals surface area contributed by atoms with Crippen LogP contribution < -0.4 is 9.80 Å². The summed E-state index contributed by atoms with van der Waals surface area (Å²) in [4.78, 5) is 30.1. The molecule has 0 bridgehead atoms. The molecule has 7 nitrogen and oxygen atoms in total. The van der Waals surface area contributed by atoms with Crippen molar-refractivity contribution in [3.63, 3.8) is 0 Å². The van der Waals surface area contributed by atoms with Crippen molar-refractivity contribution in [2.45, 2.75) is 25.3 Å². The van der Waals surface area contributed by atoms with Gasteiger partial charge in [-0.15, -0.1) is 0 Å². The van der Waals surface area contributed by atoms with Gasteiger partial charge in [0.25, 0.3) is 5.91 Å². The van der Waals surface area contributed by atoms with Gasteiger partial charge in [0.2, 0.25) is 5.91 Å². The molecular formula is C19H26N3O4S+. The third-order valence-electron chi connectivity index (χ3n) is 6.00. The van der Waals surface area contributed by atoms with Crippen LogP contribution in [0.25, 0.3) is 0 Å². The molecule has 1 aromatic carbocycles. The number of anilines is 1. The van der Waals surface area contributed by atoms with Gasteiger partial charge < -0.3 is 14.7 Å². The number of hydrogen-bond acceptors (Lipinski definition) is 4. The minimum Gasteiger partial charge on any atom is -0.329 e. The van der Waals surface area contributed by atoms with Gasteiger partial charge in [0.1, 0.15) is 11.8 Å². The third kappa shape index (κ3) is 3.73. The first kappa shape index (κ1) is 18.4. The Hall–Kier alpha value is -1.93. The van der Waals surface area contributed by atoms with Crippen LogP contribution in [0.1, 0.15) is 29.6 Å². The summed E-state index contributed by atoms with van der Waals surface area (Å²) >= 11 is 0. The SMILES string of the molecule is O=C(c1ccccc1N1CCCC1=O)N1CC[NH+]([C@H]2CCS(=O)(=O)C2)CC1. The zero-order valence-electron chi connectivity index (χ0n) is 15.4. The number of rotatable bonds is 3. The fraction of sp³-hybridized carbons (Fsp3) is 0.579. The molecule has 0 spiro atoms. The van der Waals surface area contributed by atoms with E-state index in [1.807, 2.05) is 23.1 Å². The van der Waals surface area contributed by atoms with E-state index in [2.05, 4.69) is 0 Å². The molecule has 1 aromatic rings. The van der Waals surface area contributed by atoms with Crippen LogP contribution in [0.4, 0.5) is 5.69 Å². The minimum absolute atomic E-state index is 0.0385. The number of piperazine rings is 1. The summed E-state index contributed by atoms with van der Waals surface area (Å²) in [7, 11) is -2.88. The van der Waals surface area contributed by atoms with Crippen LogP contribution in [-0.2, 0) is 14.6 Å². The number of sulfone groups is 1. The van der Waals surface area contributed by atoms with Crippen molar-refractivity contribution >= 4 is 27.3 Å². The van der Waals surface area contributed by atoms with Gasteiger partial charge in [-0.1, -0.05) is 12.1 Å². The van der Waals surface area contributed by atoms with Gasteiger partial charge in [0.05, 0.1) is 43.2 Å². The molecule has 1 atom stereocenters. The van der Waals surface area contributed by atoms with Crippen molar-refractivity contribution in [1.29, 1.82) is 0 Å². The van der Waals surface area contributed by atoms with Crippen LogP contribution in [0, 0.1) is 0 Å². The van der Waals surface area contributed by atoms with Crippen LogP contribution in [-0.4, -0.2) is 75.4 Å². The topological polar surface area (TPSA) is 79.2 Å². The smallest absolute Gasteiger partial charge is 0.256 e. The van der Waals surface area contributed by atoms with E-state index >= 15 is 0 Å². The van der Waals surface area contributed by atoms with Crippen LogP contribution >= 0.6 is 0 Å². The highest BCUT2D eigenvalue weighted by atomic mass is 32.2. The van der Waals surface area contributed by atoms with Crippen LogP contribution in [0.2, 0.25) is 0 Å². The lowest BCUT2D eigenvalue weighted by Gasteiger charge is -2.35. The molecule has 27 heavy (non-hydrogen) atoms. The number of nitrogens with one attached hydrogen (secondary N) is 1. The Morgan fingerprint density at radius 3 is 2.48 bits per heavy atom. The maximum absolute atomic E-state index is 13.1. The highest BCUT2D eigenvalue weighted by Gasteiger charge is 2.38. The fourth-order valence-electron chi connectivity index (χ4n) is 4.49. The molecule has 3 heterocycles. The summed E-state index contributed by atoms with van der Waals surface area (Å²) in [5.74, 6) is 0.604. The van der Waals surface area contributed by atoms with E-state index in [1.165, 1.54) is 4.90 Å². The number of amides is 2. The van der Waals surface area contributed by atoms with E-state index in [9.17, 15) is 18.0 Å². The molecule has 4 rings (SSSR count). The summed E-state index contributed by atoms with van der Waals surface area (Å²) < 4.78 is 23.4. The normalized spacial score (nSPS) is 25.9. The third-order valence-corrected chi connectivity index (χ3v) is 7.77. The van der Waals surface area contributed by atoms with E-state index < -0.39 is 9.84 Å². The van der Waals surface area contributed by atoms with Gasteiger partial charge >= 0.3 is 0 Å². The van der Waals surface area contributed by atoms with Crippen LogP contribution in [0.3, 0.4) is 0 Å². The number of para-hydroxylation sites is 1. The number of carbonyl (C=O) groups is 2. The Labute approximate surface area is 159 Å². The standard InChI is InChI=1S/C19H25N3O4S/c23-18-6-3-8-22(18)17-5-2-1-4-16(17)19(24)21-11-9-20(10-12-21)15-7-13-27(25,26)14-15/h1-2,4-5,15H,3,6-14H2/p+1/t15-/m0/s1. The van der Waals surface area contributed by atoms with Gasteiger partial charge in [0.15, 0.2) is 9.84 Å². The molecular weight excluding hydrogens is 366 g/mol. The molecule has 0 aromatic heterocycles. The predicted octanol–water partition coefficient (Wildman–Crippen LogP) is -0.659. The molecule has 0 radical (unpaired) electrons. The molecule has 2 amide bonds. The van der Waals surface area contributed by atoms with Gasteiger partial charge in [-0.2, -0.15) is 0 Å². The fourth-order valence-corrected chi connectivity index (χ4v) is 6.31. The summed E-state index contributed by atoms with van der Waals surface area (Å²) in [5.41, 5.74) is 1.29. The highest BCUT2D eigenvalue weighted by Crippen LogP contribution is 2.26. The number of carbonyl (C=O) groups excluding carboxylic acids is 2. The van der Waals surface area contributed by atoms with Crippen molar-refractivity contribution in [3.8, 4) is 0 Å². The summed E-state index contributed by atoms with van der Waals surface area (Å²) in [6, 6.07) is 7.51. The lowest BCUT2D eigenvalue weighted by Crippen LogP contribution is -3.18.